The lowest BCUT2D eigenvalue weighted by molar-refractivity contribution is 0.0949. The first-order valence-electron chi connectivity index (χ1n) is 9.09. The minimum atomic E-state index is -0.629. The molecule has 2 N–H and O–H groups in total. The number of hydrogen-bond donors (Lipinski definition) is 2. The molecule has 0 bridgehead atoms. The molecule has 2 heterocycles. The maximum atomic E-state index is 12.7. The van der Waals surface area contributed by atoms with Gasteiger partial charge in [-0.05, 0) is 58.8 Å². The Balaban J connectivity index is 1.42. The first-order valence-corrected chi connectivity index (χ1v) is 10.9. The predicted octanol–water partition coefficient (Wildman–Crippen LogP) is 5.61. The molecule has 0 radical (unpaired) electrons. The smallest absolute Gasteiger partial charge is 0.255 e. The van der Waals surface area contributed by atoms with E-state index in [1.165, 1.54) is 11.3 Å². The summed E-state index contributed by atoms with van der Waals surface area (Å²) in [6, 6.07) is 22.3. The van der Waals surface area contributed by atoms with E-state index in [4.69, 9.17) is 4.74 Å². The lowest BCUT2D eigenvalue weighted by atomic mass is 10.1. The average Bonchev–Trinajstić information content (AvgIpc) is 3.45. The van der Waals surface area contributed by atoms with Crippen LogP contribution in [0.5, 0.6) is 11.5 Å². The van der Waals surface area contributed by atoms with Gasteiger partial charge in [0.1, 0.15) is 17.6 Å². The summed E-state index contributed by atoms with van der Waals surface area (Å²) in [5.74, 6) is 0.985. The van der Waals surface area contributed by atoms with Crippen molar-refractivity contribution in [3.8, 4) is 11.5 Å². The van der Waals surface area contributed by atoms with Crippen molar-refractivity contribution in [2.75, 3.05) is 0 Å². The van der Waals surface area contributed by atoms with Crippen LogP contribution in [0.3, 0.4) is 0 Å². The third-order valence-corrected chi connectivity index (χ3v) is 6.18. The fraction of sp³-hybridized carbons (Fsp3) is 0.0870. The summed E-state index contributed by atoms with van der Waals surface area (Å²) in [6.45, 7) is 0.388. The van der Waals surface area contributed by atoms with Gasteiger partial charge in [0, 0.05) is 9.75 Å². The highest BCUT2D eigenvalue weighted by atomic mass is 32.1. The molecule has 146 valence electrons. The summed E-state index contributed by atoms with van der Waals surface area (Å²) in [5.41, 5.74) is 1.37. The number of hydrogen-bond acceptors (Lipinski definition) is 5. The number of para-hydroxylation sites is 2. The monoisotopic (exact) mass is 421 g/mol. The molecule has 0 aliphatic heterocycles. The minimum absolute atomic E-state index is 0.204. The maximum Gasteiger partial charge on any atom is 0.255 e. The molecule has 0 saturated heterocycles. The Hall–Kier alpha value is -2.93. The average molecular weight is 422 g/mol. The molecule has 4 rings (SSSR count). The predicted molar refractivity (Wildman–Crippen MR) is 117 cm³/mol. The van der Waals surface area contributed by atoms with Gasteiger partial charge < -0.3 is 15.2 Å². The van der Waals surface area contributed by atoms with Crippen LogP contribution in [0.1, 0.15) is 31.8 Å². The molecule has 0 fully saturated rings. The maximum absolute atomic E-state index is 12.7. The molecule has 1 atom stereocenters. The zero-order valence-corrected chi connectivity index (χ0v) is 17.1. The summed E-state index contributed by atoms with van der Waals surface area (Å²) in [5, 5.41) is 17.3. The Labute approximate surface area is 177 Å². The highest BCUT2D eigenvalue weighted by Crippen LogP contribution is 2.30. The fourth-order valence-electron chi connectivity index (χ4n) is 2.85. The van der Waals surface area contributed by atoms with Gasteiger partial charge in [-0.2, -0.15) is 11.3 Å². The SMILES string of the molecule is O=C(NCc1ccc(C(O)c2ccsc2)s1)c1ccccc1Oc1ccccc1. The molecular formula is C23H19NO3S2. The second kappa shape index (κ2) is 9.05. The van der Waals surface area contributed by atoms with E-state index in [0.717, 1.165) is 15.3 Å². The first-order chi connectivity index (χ1) is 14.2. The van der Waals surface area contributed by atoms with Crippen LogP contribution in [0.15, 0.2) is 83.6 Å². The van der Waals surface area contributed by atoms with Crippen LogP contribution in [0.4, 0.5) is 0 Å². The van der Waals surface area contributed by atoms with Gasteiger partial charge in [-0.15, -0.1) is 11.3 Å². The standard InChI is InChI=1S/C23H19NO3S2/c25-22(16-12-13-28-15-16)21-11-10-18(29-21)14-24-23(26)19-8-4-5-9-20(19)27-17-6-2-1-3-7-17/h1-13,15,22,25H,14H2,(H,24,26). The van der Waals surface area contributed by atoms with E-state index in [0.29, 0.717) is 23.6 Å². The summed E-state index contributed by atoms with van der Waals surface area (Å²) in [7, 11) is 0. The van der Waals surface area contributed by atoms with Gasteiger partial charge in [-0.1, -0.05) is 30.3 Å². The van der Waals surface area contributed by atoms with Gasteiger partial charge in [0.25, 0.3) is 5.91 Å². The molecule has 29 heavy (non-hydrogen) atoms. The number of thiophene rings is 2. The highest BCUT2D eigenvalue weighted by Gasteiger charge is 2.15. The van der Waals surface area contributed by atoms with E-state index in [2.05, 4.69) is 5.32 Å². The molecule has 6 heteroatoms. The van der Waals surface area contributed by atoms with Crippen molar-refractivity contribution in [3.63, 3.8) is 0 Å². The van der Waals surface area contributed by atoms with E-state index in [1.807, 2.05) is 71.4 Å². The van der Waals surface area contributed by atoms with Crippen LogP contribution in [0.2, 0.25) is 0 Å². The Morgan fingerprint density at radius 1 is 1.00 bits per heavy atom. The van der Waals surface area contributed by atoms with Crippen LogP contribution in [-0.4, -0.2) is 11.0 Å². The molecule has 4 nitrogen and oxygen atoms in total. The third kappa shape index (κ3) is 4.74. The largest absolute Gasteiger partial charge is 0.457 e. The summed E-state index contributed by atoms with van der Waals surface area (Å²) in [6.07, 6.45) is -0.629. The van der Waals surface area contributed by atoms with Crippen LogP contribution in [0, 0.1) is 0 Å². The molecule has 0 aliphatic rings. The summed E-state index contributed by atoms with van der Waals surface area (Å²) < 4.78 is 5.87. The molecule has 1 unspecified atom stereocenters. The zero-order valence-electron chi connectivity index (χ0n) is 15.4. The number of rotatable bonds is 7. The topological polar surface area (TPSA) is 58.6 Å². The number of ether oxygens (including phenoxy) is 1. The van der Waals surface area contributed by atoms with Crippen LogP contribution in [0.25, 0.3) is 0 Å². The molecule has 0 aliphatic carbocycles. The molecule has 2 aromatic carbocycles. The number of carbonyl (C=O) groups is 1. The molecule has 4 aromatic rings. The van der Waals surface area contributed by atoms with E-state index in [1.54, 1.807) is 23.5 Å². The number of carbonyl (C=O) groups excluding carboxylic acids is 1. The lowest BCUT2D eigenvalue weighted by Gasteiger charge is -2.11. The number of aliphatic hydroxyl groups excluding tert-OH is 1. The van der Waals surface area contributed by atoms with E-state index >= 15 is 0 Å². The van der Waals surface area contributed by atoms with Gasteiger partial charge in [-0.3, -0.25) is 4.79 Å². The van der Waals surface area contributed by atoms with E-state index < -0.39 is 6.10 Å². The Bertz CT molecular complexity index is 1070. The van der Waals surface area contributed by atoms with Gasteiger partial charge in [0.05, 0.1) is 12.1 Å². The van der Waals surface area contributed by atoms with Gasteiger partial charge >= 0.3 is 0 Å². The van der Waals surface area contributed by atoms with Gasteiger partial charge in [0.15, 0.2) is 0 Å². The van der Waals surface area contributed by atoms with Crippen molar-refractivity contribution in [2.24, 2.45) is 0 Å². The fourth-order valence-corrected chi connectivity index (χ4v) is 4.50. The number of benzene rings is 2. The van der Waals surface area contributed by atoms with Gasteiger partial charge in [-0.25, -0.2) is 0 Å². The zero-order chi connectivity index (χ0) is 20.1. The molecule has 1 amide bonds. The summed E-state index contributed by atoms with van der Waals surface area (Å²) in [4.78, 5) is 14.6. The molecule has 0 spiro atoms. The molecule has 2 aromatic heterocycles. The first kappa shape index (κ1) is 19.4. The van der Waals surface area contributed by atoms with E-state index in [9.17, 15) is 9.90 Å². The Morgan fingerprint density at radius 2 is 1.79 bits per heavy atom. The normalized spacial score (nSPS) is 11.8. The van der Waals surface area contributed by atoms with Crippen molar-refractivity contribution < 1.29 is 14.6 Å². The van der Waals surface area contributed by atoms with E-state index in [-0.39, 0.29) is 5.91 Å². The number of aliphatic hydroxyl groups is 1. The van der Waals surface area contributed by atoms with Crippen LogP contribution in [-0.2, 0) is 6.54 Å². The highest BCUT2D eigenvalue weighted by molar-refractivity contribution is 7.12. The third-order valence-electron chi connectivity index (χ3n) is 4.34. The van der Waals surface area contributed by atoms with Crippen LogP contribution < -0.4 is 10.1 Å². The van der Waals surface area contributed by atoms with Crippen molar-refractivity contribution >= 4 is 28.6 Å². The second-order valence-corrected chi connectivity index (χ2v) is 8.34. The second-order valence-electron chi connectivity index (χ2n) is 6.36. The Kier molecular flexibility index (Phi) is 6.05. The van der Waals surface area contributed by atoms with Crippen molar-refractivity contribution in [1.29, 1.82) is 0 Å². The lowest BCUT2D eigenvalue weighted by Crippen LogP contribution is -2.22. The Morgan fingerprint density at radius 3 is 2.59 bits per heavy atom. The summed E-state index contributed by atoms with van der Waals surface area (Å²) >= 11 is 3.05. The number of nitrogens with one attached hydrogen (secondary N) is 1. The van der Waals surface area contributed by atoms with Crippen molar-refractivity contribution in [2.45, 2.75) is 12.6 Å². The van der Waals surface area contributed by atoms with Gasteiger partial charge in [0.2, 0.25) is 0 Å². The molecule has 0 saturated carbocycles. The molecular weight excluding hydrogens is 402 g/mol. The quantitative estimate of drug-likeness (QED) is 0.408. The van der Waals surface area contributed by atoms with Crippen molar-refractivity contribution in [1.82, 2.24) is 5.32 Å². The minimum Gasteiger partial charge on any atom is -0.457 e. The van der Waals surface area contributed by atoms with Crippen molar-refractivity contribution in [3.05, 3.63) is 104 Å². The number of amides is 1. The van der Waals surface area contributed by atoms with Crippen LogP contribution >= 0.6 is 22.7 Å².